The Bertz CT molecular complexity index is 259. The highest BCUT2D eigenvalue weighted by molar-refractivity contribution is 4.92. The van der Waals surface area contributed by atoms with Gasteiger partial charge in [-0.15, -0.1) is 0 Å². The highest BCUT2D eigenvalue weighted by Crippen LogP contribution is 2.38. The minimum Gasteiger partial charge on any atom is -0.383 e. The van der Waals surface area contributed by atoms with Gasteiger partial charge in [0.2, 0.25) is 0 Å². The summed E-state index contributed by atoms with van der Waals surface area (Å²) in [5.74, 6) is 0.947. The van der Waals surface area contributed by atoms with E-state index in [-0.39, 0.29) is 0 Å². The first-order valence-electron chi connectivity index (χ1n) is 8.14. The second-order valence-electron chi connectivity index (χ2n) is 6.68. The van der Waals surface area contributed by atoms with Crippen LogP contribution in [0.2, 0.25) is 0 Å². The molecule has 0 spiro atoms. The maximum absolute atomic E-state index is 5.32. The van der Waals surface area contributed by atoms with Gasteiger partial charge in [-0.05, 0) is 56.9 Å². The van der Waals surface area contributed by atoms with Crippen LogP contribution < -0.4 is 5.32 Å². The molecule has 1 aliphatic heterocycles. The summed E-state index contributed by atoms with van der Waals surface area (Å²) in [7, 11) is 1.82. The van der Waals surface area contributed by atoms with Crippen LogP contribution in [0.25, 0.3) is 0 Å². The van der Waals surface area contributed by atoms with Crippen LogP contribution in [0.4, 0.5) is 0 Å². The van der Waals surface area contributed by atoms with Crippen molar-refractivity contribution in [3.05, 3.63) is 0 Å². The van der Waals surface area contributed by atoms with Crippen molar-refractivity contribution < 1.29 is 4.74 Å². The van der Waals surface area contributed by atoms with Gasteiger partial charge in [-0.1, -0.05) is 6.92 Å². The standard InChI is InChI=1S/C16H32N2O/c1-4-16(8-5-9-17-12-16)13-18(10-11-19-3)14(2)15-6-7-15/h14-15,17H,4-13H2,1-3H3. The largest absolute Gasteiger partial charge is 0.383 e. The molecule has 3 heteroatoms. The number of piperidine rings is 1. The molecule has 2 rings (SSSR count). The molecule has 0 aromatic rings. The van der Waals surface area contributed by atoms with Gasteiger partial charge < -0.3 is 10.1 Å². The summed E-state index contributed by atoms with van der Waals surface area (Å²) in [6.07, 6.45) is 6.88. The fourth-order valence-electron chi connectivity index (χ4n) is 3.52. The van der Waals surface area contributed by atoms with Crippen LogP contribution >= 0.6 is 0 Å². The number of rotatable bonds is 8. The Labute approximate surface area is 119 Å². The number of methoxy groups -OCH3 is 1. The third-order valence-electron chi connectivity index (χ3n) is 5.31. The Balaban J connectivity index is 1.95. The van der Waals surface area contributed by atoms with Gasteiger partial charge in [0.05, 0.1) is 6.61 Å². The predicted octanol–water partition coefficient (Wildman–Crippen LogP) is 2.51. The molecule has 2 atom stereocenters. The fraction of sp³-hybridized carbons (Fsp3) is 1.00. The quantitative estimate of drug-likeness (QED) is 0.732. The number of ether oxygens (including phenoxy) is 1. The van der Waals surface area contributed by atoms with Gasteiger partial charge in [-0.3, -0.25) is 4.90 Å². The number of hydrogen-bond acceptors (Lipinski definition) is 3. The zero-order valence-electron chi connectivity index (χ0n) is 13.1. The van der Waals surface area contributed by atoms with Crippen molar-refractivity contribution in [2.24, 2.45) is 11.3 Å². The molecule has 3 nitrogen and oxygen atoms in total. The minimum absolute atomic E-state index is 0.495. The fourth-order valence-corrected chi connectivity index (χ4v) is 3.52. The average Bonchev–Trinajstić information content (AvgIpc) is 3.28. The van der Waals surface area contributed by atoms with Crippen molar-refractivity contribution in [1.29, 1.82) is 0 Å². The molecular weight excluding hydrogens is 236 g/mol. The maximum atomic E-state index is 5.32. The van der Waals surface area contributed by atoms with E-state index in [0.717, 1.165) is 25.1 Å². The summed E-state index contributed by atoms with van der Waals surface area (Å²) in [5, 5.41) is 3.61. The summed E-state index contributed by atoms with van der Waals surface area (Å²) in [5.41, 5.74) is 0.495. The number of nitrogens with one attached hydrogen (secondary N) is 1. The van der Waals surface area contributed by atoms with Crippen molar-refractivity contribution in [2.75, 3.05) is 39.9 Å². The van der Waals surface area contributed by atoms with Gasteiger partial charge in [0.15, 0.2) is 0 Å². The summed E-state index contributed by atoms with van der Waals surface area (Å²) >= 11 is 0. The van der Waals surface area contributed by atoms with E-state index < -0.39 is 0 Å². The summed E-state index contributed by atoms with van der Waals surface area (Å²) in [4.78, 5) is 2.71. The third kappa shape index (κ3) is 4.17. The zero-order valence-corrected chi connectivity index (χ0v) is 13.1. The van der Waals surface area contributed by atoms with Crippen LogP contribution in [0.5, 0.6) is 0 Å². The van der Waals surface area contributed by atoms with Gasteiger partial charge in [0.25, 0.3) is 0 Å². The molecule has 2 fully saturated rings. The summed E-state index contributed by atoms with van der Waals surface area (Å²) in [6, 6.07) is 0.737. The lowest BCUT2D eigenvalue weighted by Crippen LogP contribution is -2.50. The van der Waals surface area contributed by atoms with Crippen LogP contribution in [-0.2, 0) is 4.74 Å². The van der Waals surface area contributed by atoms with Crippen LogP contribution in [-0.4, -0.2) is 50.8 Å². The minimum atomic E-state index is 0.495. The van der Waals surface area contributed by atoms with E-state index in [1.54, 1.807) is 0 Å². The highest BCUT2D eigenvalue weighted by Gasteiger charge is 2.37. The molecule has 0 bridgehead atoms. The molecule has 0 aromatic heterocycles. The Morgan fingerprint density at radius 2 is 2.21 bits per heavy atom. The molecule has 0 amide bonds. The highest BCUT2D eigenvalue weighted by atomic mass is 16.5. The van der Waals surface area contributed by atoms with Gasteiger partial charge in [0.1, 0.15) is 0 Å². The molecule has 2 aliphatic rings. The molecule has 0 aromatic carbocycles. The van der Waals surface area contributed by atoms with Crippen molar-refractivity contribution >= 4 is 0 Å². The molecule has 1 N–H and O–H groups in total. The second-order valence-corrected chi connectivity index (χ2v) is 6.68. The van der Waals surface area contributed by atoms with Crippen molar-refractivity contribution in [3.63, 3.8) is 0 Å². The predicted molar refractivity (Wildman–Crippen MR) is 80.5 cm³/mol. The Hall–Kier alpha value is -0.120. The van der Waals surface area contributed by atoms with E-state index in [0.29, 0.717) is 5.41 Å². The first-order chi connectivity index (χ1) is 9.21. The van der Waals surface area contributed by atoms with Crippen molar-refractivity contribution in [3.8, 4) is 0 Å². The number of nitrogens with zero attached hydrogens (tertiary/aromatic N) is 1. The molecule has 1 heterocycles. The van der Waals surface area contributed by atoms with Crippen LogP contribution in [0.1, 0.15) is 46.0 Å². The topological polar surface area (TPSA) is 24.5 Å². The monoisotopic (exact) mass is 268 g/mol. The van der Waals surface area contributed by atoms with Gasteiger partial charge in [-0.2, -0.15) is 0 Å². The molecule has 1 saturated carbocycles. The molecule has 112 valence electrons. The van der Waals surface area contributed by atoms with E-state index in [1.165, 1.54) is 51.7 Å². The first-order valence-corrected chi connectivity index (χ1v) is 8.14. The van der Waals surface area contributed by atoms with Crippen LogP contribution in [0.3, 0.4) is 0 Å². The molecular formula is C16H32N2O. The van der Waals surface area contributed by atoms with Crippen LogP contribution in [0.15, 0.2) is 0 Å². The van der Waals surface area contributed by atoms with E-state index >= 15 is 0 Å². The molecule has 19 heavy (non-hydrogen) atoms. The van der Waals surface area contributed by atoms with E-state index in [1.807, 2.05) is 7.11 Å². The molecule has 1 aliphatic carbocycles. The lowest BCUT2D eigenvalue weighted by Gasteiger charge is -2.43. The Kier molecular flexibility index (Phi) is 5.67. The second kappa shape index (κ2) is 7.05. The SMILES string of the molecule is CCC1(CN(CCOC)C(C)C2CC2)CCCNC1. The lowest BCUT2D eigenvalue weighted by atomic mass is 9.77. The molecule has 1 saturated heterocycles. The van der Waals surface area contributed by atoms with E-state index in [9.17, 15) is 0 Å². The molecule has 2 unspecified atom stereocenters. The number of hydrogen-bond donors (Lipinski definition) is 1. The normalized spacial score (nSPS) is 29.7. The first kappa shape index (κ1) is 15.3. The van der Waals surface area contributed by atoms with Gasteiger partial charge in [-0.25, -0.2) is 0 Å². The van der Waals surface area contributed by atoms with Crippen molar-refractivity contribution in [1.82, 2.24) is 10.2 Å². The Morgan fingerprint density at radius 1 is 1.42 bits per heavy atom. The lowest BCUT2D eigenvalue weighted by molar-refractivity contribution is 0.0559. The van der Waals surface area contributed by atoms with Crippen LogP contribution in [0, 0.1) is 11.3 Å². The summed E-state index contributed by atoms with van der Waals surface area (Å²) < 4.78 is 5.32. The Morgan fingerprint density at radius 3 is 2.74 bits per heavy atom. The van der Waals surface area contributed by atoms with Gasteiger partial charge in [0, 0.05) is 32.8 Å². The van der Waals surface area contributed by atoms with E-state index in [2.05, 4.69) is 24.1 Å². The smallest absolute Gasteiger partial charge is 0.0589 e. The third-order valence-corrected chi connectivity index (χ3v) is 5.31. The van der Waals surface area contributed by atoms with Gasteiger partial charge >= 0.3 is 0 Å². The van der Waals surface area contributed by atoms with E-state index in [4.69, 9.17) is 4.74 Å². The summed E-state index contributed by atoms with van der Waals surface area (Å²) in [6.45, 7) is 10.4. The van der Waals surface area contributed by atoms with Crippen molar-refractivity contribution in [2.45, 2.75) is 52.0 Å². The zero-order chi connectivity index (χ0) is 13.7. The average molecular weight is 268 g/mol. The molecule has 0 radical (unpaired) electrons. The maximum Gasteiger partial charge on any atom is 0.0589 e.